The maximum atomic E-state index is 5.61. The molecule has 0 bridgehead atoms. The molecule has 0 amide bonds. The minimum Gasteiger partial charge on any atom is -0.326 e. The van der Waals surface area contributed by atoms with Crippen molar-refractivity contribution in [1.29, 1.82) is 0 Å². The summed E-state index contributed by atoms with van der Waals surface area (Å²) in [6.45, 7) is 3.95. The van der Waals surface area contributed by atoms with Gasteiger partial charge < -0.3 is 5.73 Å². The molecule has 0 aromatic carbocycles. The predicted molar refractivity (Wildman–Crippen MR) is 44.9 cm³/mol. The molecule has 0 saturated carbocycles. The fourth-order valence-corrected chi connectivity index (χ4v) is 1.06. The third-order valence-corrected chi connectivity index (χ3v) is 1.80. The van der Waals surface area contributed by atoms with Crippen molar-refractivity contribution in [3.63, 3.8) is 0 Å². The van der Waals surface area contributed by atoms with Gasteiger partial charge >= 0.3 is 0 Å². The van der Waals surface area contributed by atoms with Crippen LogP contribution in [0.1, 0.15) is 13.8 Å². The average molecular weight is 151 g/mol. The maximum absolute atomic E-state index is 5.61. The van der Waals surface area contributed by atoms with E-state index in [0.717, 1.165) is 0 Å². The maximum Gasteiger partial charge on any atom is 0.0269 e. The second kappa shape index (κ2) is 3.64. The van der Waals surface area contributed by atoms with Crippen LogP contribution in [0.3, 0.4) is 0 Å². The topological polar surface area (TPSA) is 26.0 Å². The van der Waals surface area contributed by atoms with E-state index in [0.29, 0.717) is 0 Å². The van der Waals surface area contributed by atoms with Crippen LogP contribution >= 0.6 is 25.3 Å². The quantitative estimate of drug-likeness (QED) is 0.503. The van der Waals surface area contributed by atoms with E-state index in [1.807, 2.05) is 13.8 Å². The largest absolute Gasteiger partial charge is 0.326 e. The Hall–Kier alpha value is 0.660. The van der Waals surface area contributed by atoms with E-state index in [2.05, 4.69) is 25.3 Å². The third-order valence-electron chi connectivity index (χ3n) is 1.11. The molecule has 0 rings (SSSR count). The molecule has 0 heterocycles. The predicted octanol–water partition coefficient (Wildman–Crippen LogP) is 0.950. The molecule has 50 valence electrons. The lowest BCUT2D eigenvalue weighted by molar-refractivity contribution is 0.662. The zero-order valence-electron chi connectivity index (χ0n) is 5.20. The van der Waals surface area contributed by atoms with Crippen molar-refractivity contribution in [3.8, 4) is 0 Å². The van der Waals surface area contributed by atoms with Crippen molar-refractivity contribution >= 4 is 25.3 Å². The van der Waals surface area contributed by atoms with Crippen molar-refractivity contribution in [1.82, 2.24) is 0 Å². The normalized spacial score (nSPS) is 22.1. The number of thiol groups is 2. The third kappa shape index (κ3) is 2.84. The van der Waals surface area contributed by atoms with E-state index in [1.54, 1.807) is 0 Å². The Kier molecular flexibility index (Phi) is 3.94. The lowest BCUT2D eigenvalue weighted by Gasteiger charge is -2.17. The van der Waals surface area contributed by atoms with Gasteiger partial charge in [-0.3, -0.25) is 0 Å². The minimum absolute atomic E-state index is 0.0988. The highest BCUT2D eigenvalue weighted by atomic mass is 32.1. The SMILES string of the molecule is CC(S)C(N)C(C)S. The van der Waals surface area contributed by atoms with Crippen molar-refractivity contribution < 1.29 is 0 Å². The van der Waals surface area contributed by atoms with Crippen LogP contribution in [0.4, 0.5) is 0 Å². The standard InChI is InChI=1S/C5H13NS2/c1-3(7)5(6)4(2)8/h3-5,7-8H,6H2,1-2H3. The van der Waals surface area contributed by atoms with Crippen molar-refractivity contribution in [2.45, 2.75) is 30.4 Å². The lowest BCUT2D eigenvalue weighted by atomic mass is 10.2. The monoisotopic (exact) mass is 151 g/mol. The van der Waals surface area contributed by atoms with Gasteiger partial charge in [-0.1, -0.05) is 13.8 Å². The lowest BCUT2D eigenvalue weighted by Crippen LogP contribution is -2.36. The van der Waals surface area contributed by atoms with Crippen LogP contribution in [0, 0.1) is 0 Å². The van der Waals surface area contributed by atoms with Crippen LogP contribution < -0.4 is 5.73 Å². The zero-order chi connectivity index (χ0) is 6.73. The summed E-state index contributed by atoms with van der Waals surface area (Å²) in [5.74, 6) is 0. The molecule has 0 aliphatic heterocycles. The van der Waals surface area contributed by atoms with Crippen molar-refractivity contribution in [2.75, 3.05) is 0 Å². The molecule has 0 radical (unpaired) electrons. The Morgan fingerprint density at radius 1 is 1.12 bits per heavy atom. The van der Waals surface area contributed by atoms with Gasteiger partial charge in [-0.15, -0.1) is 0 Å². The van der Waals surface area contributed by atoms with E-state index in [9.17, 15) is 0 Å². The Labute approximate surface area is 61.8 Å². The number of hydrogen-bond acceptors (Lipinski definition) is 3. The van der Waals surface area contributed by atoms with Gasteiger partial charge in [0.25, 0.3) is 0 Å². The first-order valence-corrected chi connectivity index (χ1v) is 3.70. The molecule has 0 aliphatic rings. The summed E-state index contributed by atoms with van der Waals surface area (Å²) in [5.41, 5.74) is 5.61. The Morgan fingerprint density at radius 2 is 1.38 bits per heavy atom. The van der Waals surface area contributed by atoms with Gasteiger partial charge in [0.2, 0.25) is 0 Å². The summed E-state index contributed by atoms with van der Waals surface area (Å²) in [7, 11) is 0. The van der Waals surface area contributed by atoms with Crippen LogP contribution in [0.2, 0.25) is 0 Å². The van der Waals surface area contributed by atoms with Crippen LogP contribution in [-0.2, 0) is 0 Å². The van der Waals surface area contributed by atoms with Crippen LogP contribution in [-0.4, -0.2) is 16.5 Å². The van der Waals surface area contributed by atoms with Gasteiger partial charge in [-0.05, 0) is 0 Å². The molecule has 8 heavy (non-hydrogen) atoms. The Bertz CT molecular complexity index is 55.4. The highest BCUT2D eigenvalue weighted by molar-refractivity contribution is 7.82. The van der Waals surface area contributed by atoms with Crippen molar-refractivity contribution in [2.24, 2.45) is 5.73 Å². The molecule has 0 saturated heterocycles. The molecule has 0 fully saturated rings. The molecule has 2 atom stereocenters. The summed E-state index contributed by atoms with van der Waals surface area (Å²) < 4.78 is 0. The van der Waals surface area contributed by atoms with Gasteiger partial charge in [-0.25, -0.2) is 0 Å². The van der Waals surface area contributed by atoms with E-state index in [1.165, 1.54) is 0 Å². The van der Waals surface area contributed by atoms with Gasteiger partial charge in [0.15, 0.2) is 0 Å². The molecule has 0 aliphatic carbocycles. The zero-order valence-corrected chi connectivity index (χ0v) is 6.99. The average Bonchev–Trinajstić information content (AvgIpc) is 1.64. The fourth-order valence-electron chi connectivity index (χ4n) is 0.403. The van der Waals surface area contributed by atoms with Crippen molar-refractivity contribution in [3.05, 3.63) is 0 Å². The number of rotatable bonds is 2. The highest BCUT2D eigenvalue weighted by Crippen LogP contribution is 2.06. The fraction of sp³-hybridized carbons (Fsp3) is 1.00. The molecule has 0 aromatic heterocycles. The summed E-state index contributed by atoms with van der Waals surface area (Å²) in [6.07, 6.45) is 0. The van der Waals surface area contributed by atoms with Gasteiger partial charge in [0.05, 0.1) is 0 Å². The molecule has 1 nitrogen and oxygen atoms in total. The first-order chi connectivity index (χ1) is 3.55. The second-order valence-corrected chi connectivity index (χ2v) is 3.69. The Balaban J connectivity index is 3.46. The molecule has 2 unspecified atom stereocenters. The molecule has 0 aromatic rings. The van der Waals surface area contributed by atoms with E-state index in [4.69, 9.17) is 5.73 Å². The van der Waals surface area contributed by atoms with E-state index < -0.39 is 0 Å². The summed E-state index contributed by atoms with van der Waals surface area (Å²) in [6, 6.07) is 0.0988. The molecule has 3 heteroatoms. The number of hydrogen-bond donors (Lipinski definition) is 3. The van der Waals surface area contributed by atoms with E-state index >= 15 is 0 Å². The second-order valence-electron chi connectivity index (χ2n) is 2.06. The van der Waals surface area contributed by atoms with Gasteiger partial charge in [0.1, 0.15) is 0 Å². The Morgan fingerprint density at radius 3 is 1.38 bits per heavy atom. The highest BCUT2D eigenvalue weighted by Gasteiger charge is 2.11. The van der Waals surface area contributed by atoms with Crippen LogP contribution in [0.5, 0.6) is 0 Å². The summed E-state index contributed by atoms with van der Waals surface area (Å²) in [4.78, 5) is 0. The van der Waals surface area contributed by atoms with Crippen LogP contribution in [0.25, 0.3) is 0 Å². The van der Waals surface area contributed by atoms with Gasteiger partial charge in [0, 0.05) is 16.5 Å². The first kappa shape index (κ1) is 8.66. The van der Waals surface area contributed by atoms with E-state index in [-0.39, 0.29) is 16.5 Å². The molecular weight excluding hydrogens is 138 g/mol. The summed E-state index contributed by atoms with van der Waals surface area (Å²) in [5, 5.41) is 0.477. The smallest absolute Gasteiger partial charge is 0.0269 e. The first-order valence-electron chi connectivity index (χ1n) is 2.67. The molecule has 0 spiro atoms. The summed E-state index contributed by atoms with van der Waals surface area (Å²) >= 11 is 8.32. The van der Waals surface area contributed by atoms with Gasteiger partial charge in [-0.2, -0.15) is 25.3 Å². The van der Waals surface area contributed by atoms with Crippen LogP contribution in [0.15, 0.2) is 0 Å². The molecule has 2 N–H and O–H groups in total. The molecular formula is C5H13NS2. The number of nitrogens with two attached hydrogens (primary N) is 1. The minimum atomic E-state index is 0.0988.